The van der Waals surface area contributed by atoms with E-state index in [-0.39, 0.29) is 7.43 Å². The highest BCUT2D eigenvalue weighted by Crippen LogP contribution is 2.05. The van der Waals surface area contributed by atoms with E-state index in [0.29, 0.717) is 5.56 Å². The zero-order chi connectivity index (χ0) is 9.84. The molecule has 0 aliphatic heterocycles. The molecule has 0 heterocycles. The van der Waals surface area contributed by atoms with Crippen LogP contribution in [0.2, 0.25) is 0 Å². The second-order valence-electron chi connectivity index (χ2n) is 2.58. The molecule has 0 fully saturated rings. The van der Waals surface area contributed by atoms with Gasteiger partial charge in [0.15, 0.2) is 0 Å². The van der Waals surface area contributed by atoms with Crippen molar-refractivity contribution in [3.63, 3.8) is 0 Å². The average Bonchev–Trinajstić information content (AvgIpc) is 2.17. The molecule has 0 amide bonds. The molecule has 1 unspecified atom stereocenters. The molecule has 13 heavy (non-hydrogen) atoms. The molecule has 0 aromatic heterocycles. The molecule has 1 N–H and O–H groups in total. The van der Waals surface area contributed by atoms with E-state index in [9.17, 15) is 4.79 Å². The lowest BCUT2D eigenvalue weighted by Crippen LogP contribution is -1.99. The van der Waals surface area contributed by atoms with Gasteiger partial charge < -0.3 is 5.11 Å². The molecule has 1 rings (SSSR count). The standard InChI is InChI=1S/C10H12O2.CH4/c1-2-8-3-5-9(6-4-8)7-10(11)12;/h3-6H,2,7H2,1H3,(H,11,12);1H4/i7D;. The number of hydrogen-bond donors (Lipinski definition) is 1. The molecule has 2 nitrogen and oxygen atoms in total. The molecule has 0 saturated carbocycles. The SMILES string of the molecule is C.[2H]C(C(=O)O)c1ccc(CC)cc1. The molecular weight excluding hydrogens is 164 g/mol. The lowest BCUT2D eigenvalue weighted by Gasteiger charge is -1.98. The third-order valence-corrected chi connectivity index (χ3v) is 1.68. The Morgan fingerprint density at radius 2 is 1.85 bits per heavy atom. The summed E-state index contributed by atoms with van der Waals surface area (Å²) in [5, 5.41) is 8.57. The van der Waals surface area contributed by atoms with Crippen LogP contribution in [-0.2, 0) is 17.6 Å². The van der Waals surface area contributed by atoms with Gasteiger partial charge in [-0.3, -0.25) is 4.79 Å². The van der Waals surface area contributed by atoms with Crippen LogP contribution in [0, 0.1) is 0 Å². The Kier molecular flexibility index (Phi) is 4.03. The van der Waals surface area contributed by atoms with Gasteiger partial charge in [0, 0.05) is 1.37 Å². The highest BCUT2D eigenvalue weighted by Gasteiger charge is 1.98. The van der Waals surface area contributed by atoms with Crippen molar-refractivity contribution < 1.29 is 11.3 Å². The molecule has 0 saturated heterocycles. The molecule has 0 aliphatic rings. The molecule has 0 bridgehead atoms. The number of benzene rings is 1. The number of rotatable bonds is 3. The van der Waals surface area contributed by atoms with Crippen molar-refractivity contribution in [2.24, 2.45) is 0 Å². The quantitative estimate of drug-likeness (QED) is 0.778. The van der Waals surface area contributed by atoms with Crippen molar-refractivity contribution in [3.05, 3.63) is 35.4 Å². The van der Waals surface area contributed by atoms with Gasteiger partial charge in [-0.1, -0.05) is 38.6 Å². The van der Waals surface area contributed by atoms with Gasteiger partial charge in [0.05, 0.1) is 6.40 Å². The van der Waals surface area contributed by atoms with Crippen molar-refractivity contribution in [1.82, 2.24) is 0 Å². The molecule has 0 radical (unpaired) electrons. The Hall–Kier alpha value is -1.31. The summed E-state index contributed by atoms with van der Waals surface area (Å²) < 4.78 is 7.30. The van der Waals surface area contributed by atoms with E-state index in [4.69, 9.17) is 6.48 Å². The lowest BCUT2D eigenvalue weighted by atomic mass is 10.1. The first-order chi connectivity index (χ1) is 6.15. The summed E-state index contributed by atoms with van der Waals surface area (Å²) in [5.74, 6) is -1.11. The first kappa shape index (κ1) is 9.78. The van der Waals surface area contributed by atoms with Gasteiger partial charge in [-0.05, 0) is 17.5 Å². The lowest BCUT2D eigenvalue weighted by molar-refractivity contribution is -0.136. The molecule has 1 aromatic carbocycles. The van der Waals surface area contributed by atoms with Gasteiger partial charge in [0.2, 0.25) is 0 Å². The van der Waals surface area contributed by atoms with Gasteiger partial charge in [0.25, 0.3) is 0 Å². The maximum absolute atomic E-state index is 10.5. The normalized spacial score (nSPS) is 12.5. The van der Waals surface area contributed by atoms with E-state index in [0.717, 1.165) is 12.0 Å². The number of aryl methyl sites for hydroxylation is 1. The summed E-state index contributed by atoms with van der Waals surface area (Å²) in [6.07, 6.45) is -0.235. The summed E-state index contributed by atoms with van der Waals surface area (Å²) in [6, 6.07) is 7.12. The second-order valence-corrected chi connectivity index (χ2v) is 2.58. The van der Waals surface area contributed by atoms with E-state index < -0.39 is 12.4 Å². The van der Waals surface area contributed by atoms with Crippen molar-refractivity contribution in [1.29, 1.82) is 0 Å². The highest BCUT2D eigenvalue weighted by molar-refractivity contribution is 5.70. The minimum atomic E-state index is -1.16. The number of aliphatic carboxylic acids is 1. The summed E-state index contributed by atoms with van der Waals surface area (Å²) in [5.41, 5.74) is 1.69. The van der Waals surface area contributed by atoms with Crippen LogP contribution < -0.4 is 0 Å². The third-order valence-electron chi connectivity index (χ3n) is 1.68. The van der Waals surface area contributed by atoms with E-state index in [1.807, 2.05) is 19.1 Å². The Bertz CT molecular complexity index is 293. The molecule has 1 aromatic rings. The smallest absolute Gasteiger partial charge is 0.307 e. The predicted octanol–water partition coefficient (Wildman–Crippen LogP) is 2.51. The van der Waals surface area contributed by atoms with Crippen LogP contribution in [0.3, 0.4) is 0 Å². The van der Waals surface area contributed by atoms with Crippen LogP contribution in [0.15, 0.2) is 24.3 Å². The molecule has 1 atom stereocenters. The third kappa shape index (κ3) is 3.74. The summed E-state index contributed by atoms with van der Waals surface area (Å²) >= 11 is 0. The minimum Gasteiger partial charge on any atom is -0.481 e. The van der Waals surface area contributed by atoms with Gasteiger partial charge in [-0.25, -0.2) is 0 Å². The maximum Gasteiger partial charge on any atom is 0.307 e. The maximum atomic E-state index is 10.5. The van der Waals surface area contributed by atoms with E-state index >= 15 is 0 Å². The van der Waals surface area contributed by atoms with Gasteiger partial charge in [-0.15, -0.1) is 0 Å². The van der Waals surface area contributed by atoms with Crippen molar-refractivity contribution in [2.75, 3.05) is 0 Å². The fourth-order valence-electron chi connectivity index (χ4n) is 0.992. The Labute approximate surface area is 80.6 Å². The summed E-state index contributed by atoms with van der Waals surface area (Å²) in [7, 11) is 0. The van der Waals surface area contributed by atoms with E-state index in [1.165, 1.54) is 0 Å². The van der Waals surface area contributed by atoms with Crippen LogP contribution in [0.1, 0.15) is 26.8 Å². The van der Waals surface area contributed by atoms with Crippen LogP contribution >= 0.6 is 0 Å². The Morgan fingerprint density at radius 3 is 2.23 bits per heavy atom. The molecule has 2 heteroatoms. The van der Waals surface area contributed by atoms with Gasteiger partial charge >= 0.3 is 5.97 Å². The number of carboxylic acid groups (broad SMARTS) is 1. The molecular formula is C11H16O2. The van der Waals surface area contributed by atoms with Crippen LogP contribution in [0.4, 0.5) is 0 Å². The molecule has 0 aliphatic carbocycles. The summed E-state index contributed by atoms with van der Waals surface area (Å²) in [6.45, 7) is 2.03. The number of hydrogen-bond acceptors (Lipinski definition) is 1. The van der Waals surface area contributed by atoms with Crippen molar-refractivity contribution in [2.45, 2.75) is 27.2 Å². The van der Waals surface area contributed by atoms with Gasteiger partial charge in [0.1, 0.15) is 0 Å². The van der Waals surface area contributed by atoms with Crippen molar-refractivity contribution in [3.8, 4) is 0 Å². The average molecular weight is 181 g/mol. The topological polar surface area (TPSA) is 37.3 Å². The Morgan fingerprint density at radius 1 is 1.38 bits per heavy atom. The Balaban J connectivity index is 0.00000169. The van der Waals surface area contributed by atoms with Crippen LogP contribution in [-0.4, -0.2) is 11.1 Å². The van der Waals surface area contributed by atoms with Crippen LogP contribution in [0.5, 0.6) is 0 Å². The number of carbonyl (C=O) groups is 1. The largest absolute Gasteiger partial charge is 0.481 e. The fraction of sp³-hybridized carbons (Fsp3) is 0.364. The minimum absolute atomic E-state index is 0. The molecule has 0 spiro atoms. The monoisotopic (exact) mass is 181 g/mol. The first-order valence-electron chi connectivity index (χ1n) is 4.46. The van der Waals surface area contributed by atoms with E-state index in [1.54, 1.807) is 12.1 Å². The van der Waals surface area contributed by atoms with Gasteiger partial charge in [-0.2, -0.15) is 0 Å². The summed E-state index contributed by atoms with van der Waals surface area (Å²) in [4.78, 5) is 10.5. The second kappa shape index (κ2) is 5.36. The van der Waals surface area contributed by atoms with E-state index in [2.05, 4.69) is 0 Å². The zero-order valence-electron chi connectivity index (χ0n) is 7.95. The van der Waals surface area contributed by atoms with Crippen molar-refractivity contribution >= 4 is 5.97 Å². The zero-order valence-corrected chi connectivity index (χ0v) is 6.95. The molecule has 72 valence electrons. The predicted molar refractivity (Wildman–Crippen MR) is 53.9 cm³/mol. The fourth-order valence-corrected chi connectivity index (χ4v) is 0.992. The number of carboxylic acids is 1. The van der Waals surface area contributed by atoms with Crippen LogP contribution in [0.25, 0.3) is 0 Å². The highest BCUT2D eigenvalue weighted by atomic mass is 16.4. The first-order valence-corrected chi connectivity index (χ1v) is 3.89.